The summed E-state index contributed by atoms with van der Waals surface area (Å²) in [5.41, 5.74) is 1.22. The second-order valence-electron chi connectivity index (χ2n) is 8.64. The summed E-state index contributed by atoms with van der Waals surface area (Å²) < 4.78 is 31.3. The number of amides is 1. The van der Waals surface area contributed by atoms with E-state index in [9.17, 15) is 19.1 Å². The normalized spacial score (nSPS) is 18.3. The highest BCUT2D eigenvalue weighted by Gasteiger charge is 2.48. The van der Waals surface area contributed by atoms with Gasteiger partial charge in [-0.25, -0.2) is 9.37 Å². The molecule has 10 heteroatoms. The lowest BCUT2D eigenvalue weighted by Crippen LogP contribution is -2.29. The van der Waals surface area contributed by atoms with Gasteiger partial charge < -0.3 is 19.3 Å². The highest BCUT2D eigenvalue weighted by atomic mass is 32.1. The minimum atomic E-state index is -1.03. The number of aliphatic hydroxyl groups is 1. The van der Waals surface area contributed by atoms with Gasteiger partial charge >= 0.3 is 5.91 Å². The predicted octanol–water partition coefficient (Wildman–Crippen LogP) is 5.23. The van der Waals surface area contributed by atoms with Crippen LogP contribution in [-0.2, 0) is 9.59 Å². The Hall–Kier alpha value is -4.44. The lowest BCUT2D eigenvalue weighted by atomic mass is 9.95. The number of ether oxygens (including phenoxy) is 3. The summed E-state index contributed by atoms with van der Waals surface area (Å²) in [5.74, 6) is -0.972. The summed E-state index contributed by atoms with van der Waals surface area (Å²) in [5, 5.41) is 11.6. The van der Waals surface area contributed by atoms with E-state index in [2.05, 4.69) is 4.98 Å². The van der Waals surface area contributed by atoms with E-state index in [0.717, 1.165) is 4.70 Å². The average molecular weight is 533 g/mol. The number of aliphatic hydroxyl groups excluding tert-OH is 1. The fourth-order valence-corrected chi connectivity index (χ4v) is 5.61. The van der Waals surface area contributed by atoms with E-state index < -0.39 is 23.5 Å². The molecule has 1 fully saturated rings. The molecule has 3 heterocycles. The summed E-state index contributed by atoms with van der Waals surface area (Å²) >= 11 is 1.22. The number of nitrogens with zero attached hydrogens (tertiary/aromatic N) is 2. The molecule has 1 aromatic heterocycles. The third kappa shape index (κ3) is 4.03. The van der Waals surface area contributed by atoms with Gasteiger partial charge in [0, 0.05) is 5.56 Å². The molecule has 1 N–H and O–H groups in total. The first-order valence-electron chi connectivity index (χ1n) is 11.9. The van der Waals surface area contributed by atoms with Crippen molar-refractivity contribution in [3.05, 3.63) is 83.2 Å². The van der Waals surface area contributed by atoms with Crippen LogP contribution >= 0.6 is 11.3 Å². The number of hydrogen-bond acceptors (Lipinski definition) is 8. The molecule has 1 amide bonds. The first-order chi connectivity index (χ1) is 18.4. The fraction of sp³-hybridized carbons (Fsp3) is 0.179. The van der Waals surface area contributed by atoms with Crippen LogP contribution in [0, 0.1) is 5.82 Å². The van der Waals surface area contributed by atoms with Gasteiger partial charge in [0.1, 0.15) is 30.5 Å². The summed E-state index contributed by atoms with van der Waals surface area (Å²) in [6, 6.07) is 14.6. The molecule has 0 bridgehead atoms. The molecular weight excluding hydrogens is 511 g/mol. The largest absolute Gasteiger partial charge is 0.507 e. The molecule has 0 radical (unpaired) electrons. The summed E-state index contributed by atoms with van der Waals surface area (Å²) in [6.45, 7) is 3.13. The third-order valence-corrected chi connectivity index (χ3v) is 7.33. The quantitative estimate of drug-likeness (QED) is 0.213. The van der Waals surface area contributed by atoms with Gasteiger partial charge in [0.05, 0.1) is 28.4 Å². The lowest BCUT2D eigenvalue weighted by Gasteiger charge is -2.23. The average Bonchev–Trinajstić information content (AvgIpc) is 3.46. The van der Waals surface area contributed by atoms with E-state index in [1.54, 1.807) is 30.3 Å². The van der Waals surface area contributed by atoms with Gasteiger partial charge in [0.2, 0.25) is 0 Å². The zero-order chi connectivity index (χ0) is 26.4. The topological polar surface area (TPSA) is 98.2 Å². The van der Waals surface area contributed by atoms with Gasteiger partial charge in [-0.05, 0) is 61.0 Å². The Balaban J connectivity index is 1.51. The van der Waals surface area contributed by atoms with Gasteiger partial charge in [0.25, 0.3) is 5.78 Å². The van der Waals surface area contributed by atoms with Crippen molar-refractivity contribution in [1.82, 2.24) is 4.98 Å². The summed E-state index contributed by atoms with van der Waals surface area (Å²) in [7, 11) is 0. The van der Waals surface area contributed by atoms with E-state index in [0.29, 0.717) is 48.1 Å². The van der Waals surface area contributed by atoms with Crippen LogP contribution < -0.4 is 19.1 Å². The molecular formula is C28H21FN2O6S. The van der Waals surface area contributed by atoms with Crippen molar-refractivity contribution >= 4 is 44.1 Å². The molecule has 0 saturated carbocycles. The van der Waals surface area contributed by atoms with E-state index in [1.165, 1.54) is 40.5 Å². The molecule has 1 saturated heterocycles. The lowest BCUT2D eigenvalue weighted by molar-refractivity contribution is -0.132. The molecule has 1 atom stereocenters. The zero-order valence-corrected chi connectivity index (χ0v) is 21.0. The molecule has 2 aliphatic heterocycles. The van der Waals surface area contributed by atoms with Crippen molar-refractivity contribution in [2.75, 3.05) is 24.7 Å². The van der Waals surface area contributed by atoms with Crippen molar-refractivity contribution in [2.24, 2.45) is 0 Å². The molecule has 3 aromatic carbocycles. The summed E-state index contributed by atoms with van der Waals surface area (Å²) in [6.07, 6.45) is 0. The highest BCUT2D eigenvalue weighted by molar-refractivity contribution is 7.22. The van der Waals surface area contributed by atoms with Gasteiger partial charge in [-0.1, -0.05) is 23.5 Å². The Bertz CT molecular complexity index is 1610. The Labute approximate surface area is 220 Å². The van der Waals surface area contributed by atoms with E-state index in [4.69, 9.17) is 14.2 Å². The minimum Gasteiger partial charge on any atom is -0.507 e. The SMILES string of the molecule is CCOc1ccc2nc(N3C(=O)C(=O)/C(=C(/O)c4ccc5c(c4)OCCO5)C3c3ccc(F)cc3)sc2c1. The number of benzene rings is 3. The number of fused-ring (bicyclic) bond motifs is 2. The standard InChI is InChI=1S/C28H21FN2O6S/c1-2-35-18-8-9-19-22(14-18)38-28(30-19)31-24(15-3-6-17(29)7-4-15)23(26(33)27(31)34)25(32)16-5-10-20-21(13-16)37-12-11-36-20/h3-10,13-14,24,32H,2,11-12H2,1H3/b25-23+. The Kier molecular flexibility index (Phi) is 5.96. The highest BCUT2D eigenvalue weighted by Crippen LogP contribution is 2.45. The number of carbonyl (C=O) groups is 2. The second-order valence-corrected chi connectivity index (χ2v) is 9.65. The number of halogens is 1. The molecule has 0 spiro atoms. The second kappa shape index (κ2) is 9.46. The van der Waals surface area contributed by atoms with Crippen molar-refractivity contribution < 1.29 is 33.3 Å². The molecule has 6 rings (SSSR count). The van der Waals surface area contributed by atoms with E-state index in [1.807, 2.05) is 13.0 Å². The Morgan fingerprint density at radius 3 is 2.61 bits per heavy atom. The number of aromatic nitrogens is 1. The molecule has 192 valence electrons. The van der Waals surface area contributed by atoms with Crippen molar-refractivity contribution in [1.29, 1.82) is 0 Å². The van der Waals surface area contributed by atoms with Crippen LogP contribution in [0.5, 0.6) is 17.2 Å². The molecule has 1 unspecified atom stereocenters. The molecule has 8 nitrogen and oxygen atoms in total. The summed E-state index contributed by atoms with van der Waals surface area (Å²) in [4.78, 5) is 32.7. The van der Waals surface area contributed by atoms with Crippen LogP contribution in [0.15, 0.2) is 66.2 Å². The number of ketones is 1. The van der Waals surface area contributed by atoms with Crippen LogP contribution in [0.4, 0.5) is 9.52 Å². The monoisotopic (exact) mass is 532 g/mol. The van der Waals surface area contributed by atoms with Crippen molar-refractivity contribution in [2.45, 2.75) is 13.0 Å². The van der Waals surface area contributed by atoms with E-state index in [-0.39, 0.29) is 22.0 Å². The molecule has 2 aliphatic rings. The maximum absolute atomic E-state index is 13.8. The van der Waals surface area contributed by atoms with Crippen LogP contribution in [0.1, 0.15) is 24.1 Å². The van der Waals surface area contributed by atoms with Gasteiger partial charge in [-0.2, -0.15) is 0 Å². The first kappa shape index (κ1) is 23.9. The van der Waals surface area contributed by atoms with Crippen molar-refractivity contribution in [3.63, 3.8) is 0 Å². The first-order valence-corrected chi connectivity index (χ1v) is 12.8. The number of Topliss-reactive ketones (excluding diaryl/α,β-unsaturated/α-hetero) is 1. The Morgan fingerprint density at radius 1 is 1.08 bits per heavy atom. The van der Waals surface area contributed by atoms with Crippen LogP contribution in [0.2, 0.25) is 0 Å². The molecule has 4 aromatic rings. The van der Waals surface area contributed by atoms with Gasteiger partial charge in [-0.3, -0.25) is 14.5 Å². The number of anilines is 1. The molecule has 38 heavy (non-hydrogen) atoms. The number of carbonyl (C=O) groups excluding carboxylic acids is 2. The van der Waals surface area contributed by atoms with Gasteiger partial charge in [-0.15, -0.1) is 0 Å². The zero-order valence-electron chi connectivity index (χ0n) is 20.1. The van der Waals surface area contributed by atoms with Gasteiger partial charge in [0.15, 0.2) is 16.6 Å². The van der Waals surface area contributed by atoms with Crippen molar-refractivity contribution in [3.8, 4) is 17.2 Å². The number of thiazole rings is 1. The van der Waals surface area contributed by atoms with Crippen LogP contribution in [-0.4, -0.2) is 41.6 Å². The maximum Gasteiger partial charge on any atom is 0.301 e. The smallest absolute Gasteiger partial charge is 0.301 e. The number of hydrogen-bond donors (Lipinski definition) is 1. The van der Waals surface area contributed by atoms with Crippen LogP contribution in [0.3, 0.4) is 0 Å². The van der Waals surface area contributed by atoms with E-state index >= 15 is 0 Å². The minimum absolute atomic E-state index is 0.132. The maximum atomic E-state index is 13.8. The molecule has 0 aliphatic carbocycles. The van der Waals surface area contributed by atoms with Crippen LogP contribution in [0.25, 0.3) is 16.0 Å². The Morgan fingerprint density at radius 2 is 1.84 bits per heavy atom. The fourth-order valence-electron chi connectivity index (χ4n) is 4.59. The third-order valence-electron chi connectivity index (χ3n) is 6.31. The number of rotatable bonds is 5. The predicted molar refractivity (Wildman–Crippen MR) is 139 cm³/mol.